The molecule has 0 bridgehead atoms. The first-order valence-electron chi connectivity index (χ1n) is 6.80. The fraction of sp³-hybridized carbons (Fsp3) is 0.125. The van der Waals surface area contributed by atoms with Crippen LogP contribution in [-0.2, 0) is 0 Å². The molecule has 2 aromatic rings. The van der Waals surface area contributed by atoms with Crippen molar-refractivity contribution >= 4 is 52.4 Å². The number of nitrogens with zero attached hydrogens (tertiary/aromatic N) is 1. The Balaban J connectivity index is 1.95. The number of anilines is 1. The van der Waals surface area contributed by atoms with Gasteiger partial charge in [-0.15, -0.1) is 0 Å². The summed E-state index contributed by atoms with van der Waals surface area (Å²) in [6.07, 6.45) is 1.62. The number of thiocarbonyl (C=S) groups is 1. The van der Waals surface area contributed by atoms with E-state index in [2.05, 4.69) is 15.8 Å². The van der Waals surface area contributed by atoms with Crippen molar-refractivity contribution in [2.75, 3.05) is 19.5 Å². The van der Waals surface area contributed by atoms with Gasteiger partial charge in [-0.25, -0.2) is 0 Å². The van der Waals surface area contributed by atoms with Crippen molar-refractivity contribution in [3.05, 3.63) is 52.0 Å². The number of methoxy groups -OCH3 is 2. The average molecular weight is 384 g/mol. The van der Waals surface area contributed by atoms with Crippen molar-refractivity contribution in [2.24, 2.45) is 5.10 Å². The van der Waals surface area contributed by atoms with Crippen molar-refractivity contribution in [3.8, 4) is 11.5 Å². The minimum absolute atomic E-state index is 0.324. The number of hydrogen-bond donors (Lipinski definition) is 2. The molecule has 24 heavy (non-hydrogen) atoms. The number of hydrogen-bond acceptors (Lipinski definition) is 4. The van der Waals surface area contributed by atoms with Crippen molar-refractivity contribution in [1.82, 2.24) is 5.43 Å². The molecule has 0 unspecified atom stereocenters. The third-order valence-corrected chi connectivity index (χ3v) is 3.90. The summed E-state index contributed by atoms with van der Waals surface area (Å²) in [6.45, 7) is 0. The molecule has 8 heteroatoms. The van der Waals surface area contributed by atoms with Gasteiger partial charge in [0.05, 0.1) is 30.5 Å². The number of hydrazone groups is 1. The summed E-state index contributed by atoms with van der Waals surface area (Å²) < 4.78 is 10.4. The van der Waals surface area contributed by atoms with Crippen LogP contribution in [0.3, 0.4) is 0 Å². The molecule has 0 saturated carbocycles. The Bertz CT molecular complexity index is 769. The number of benzene rings is 2. The van der Waals surface area contributed by atoms with Gasteiger partial charge in [0.25, 0.3) is 0 Å². The molecule has 2 N–H and O–H groups in total. The van der Waals surface area contributed by atoms with Crippen LogP contribution in [0.25, 0.3) is 0 Å². The van der Waals surface area contributed by atoms with Gasteiger partial charge in [-0.1, -0.05) is 23.2 Å². The second-order valence-corrected chi connectivity index (χ2v) is 5.79. The molecule has 0 aliphatic carbocycles. The maximum atomic E-state index is 5.95. The van der Waals surface area contributed by atoms with Crippen LogP contribution in [0, 0.1) is 0 Å². The Morgan fingerprint density at radius 2 is 1.79 bits per heavy atom. The summed E-state index contributed by atoms with van der Waals surface area (Å²) in [5.74, 6) is 1.28. The largest absolute Gasteiger partial charge is 0.493 e. The third kappa shape index (κ3) is 4.99. The molecule has 2 rings (SSSR count). The molecule has 0 aliphatic heterocycles. The maximum absolute atomic E-state index is 5.95. The van der Waals surface area contributed by atoms with Crippen LogP contribution in [0.2, 0.25) is 10.0 Å². The van der Waals surface area contributed by atoms with Crippen LogP contribution in [0.5, 0.6) is 11.5 Å². The molecule has 5 nitrogen and oxygen atoms in total. The molecule has 0 aromatic heterocycles. The molecule has 0 heterocycles. The van der Waals surface area contributed by atoms with Gasteiger partial charge < -0.3 is 14.8 Å². The Morgan fingerprint density at radius 3 is 2.46 bits per heavy atom. The zero-order valence-corrected chi connectivity index (χ0v) is 15.3. The second-order valence-electron chi connectivity index (χ2n) is 4.57. The van der Waals surface area contributed by atoms with Gasteiger partial charge in [0.1, 0.15) is 0 Å². The van der Waals surface area contributed by atoms with Crippen LogP contribution in [-0.4, -0.2) is 25.5 Å². The van der Waals surface area contributed by atoms with Crippen molar-refractivity contribution in [1.29, 1.82) is 0 Å². The van der Waals surface area contributed by atoms with E-state index in [-0.39, 0.29) is 0 Å². The highest BCUT2D eigenvalue weighted by Crippen LogP contribution is 2.27. The van der Waals surface area contributed by atoms with E-state index in [9.17, 15) is 0 Å². The summed E-state index contributed by atoms with van der Waals surface area (Å²) in [4.78, 5) is 0. The summed E-state index contributed by atoms with van der Waals surface area (Å²) in [5, 5.41) is 8.28. The average Bonchev–Trinajstić information content (AvgIpc) is 2.58. The van der Waals surface area contributed by atoms with Crippen LogP contribution in [0.4, 0.5) is 5.69 Å². The third-order valence-electron chi connectivity index (χ3n) is 2.96. The predicted octanol–water partition coefficient (Wildman–Crippen LogP) is 4.33. The molecular weight excluding hydrogens is 369 g/mol. The highest BCUT2D eigenvalue weighted by atomic mass is 35.5. The Morgan fingerprint density at radius 1 is 1.04 bits per heavy atom. The van der Waals surface area contributed by atoms with E-state index in [0.717, 1.165) is 5.56 Å². The lowest BCUT2D eigenvalue weighted by molar-refractivity contribution is 0.355. The standard InChI is InChI=1S/C16H15Cl2N3O2S/c1-22-14-6-3-10(7-15(14)23-2)9-19-21-16(24)20-11-4-5-12(17)13(18)8-11/h3-9H,1-2H3,(H2,20,21,24)/b19-9-. The lowest BCUT2D eigenvalue weighted by Crippen LogP contribution is -2.23. The molecule has 0 spiro atoms. The van der Waals surface area contributed by atoms with Gasteiger partial charge in [-0.2, -0.15) is 5.10 Å². The molecule has 0 atom stereocenters. The smallest absolute Gasteiger partial charge is 0.191 e. The van der Waals surface area contributed by atoms with E-state index in [0.29, 0.717) is 32.3 Å². The zero-order chi connectivity index (χ0) is 17.5. The van der Waals surface area contributed by atoms with Crippen molar-refractivity contribution in [2.45, 2.75) is 0 Å². The molecule has 0 amide bonds. The van der Waals surface area contributed by atoms with Crippen molar-refractivity contribution < 1.29 is 9.47 Å². The molecule has 0 aliphatic rings. The molecule has 2 aromatic carbocycles. The molecule has 0 radical (unpaired) electrons. The summed E-state index contributed by atoms with van der Waals surface area (Å²) in [6, 6.07) is 10.6. The van der Waals surface area contributed by atoms with E-state index in [4.69, 9.17) is 44.9 Å². The maximum Gasteiger partial charge on any atom is 0.191 e. The lowest BCUT2D eigenvalue weighted by atomic mass is 10.2. The minimum Gasteiger partial charge on any atom is -0.493 e. The van der Waals surface area contributed by atoms with Crippen LogP contribution < -0.4 is 20.2 Å². The Labute approximate surface area is 155 Å². The highest BCUT2D eigenvalue weighted by molar-refractivity contribution is 7.80. The molecular formula is C16H15Cl2N3O2S. The van der Waals surface area contributed by atoms with Gasteiger partial charge in [0, 0.05) is 5.69 Å². The van der Waals surface area contributed by atoms with E-state index in [1.807, 2.05) is 6.07 Å². The van der Waals surface area contributed by atoms with Crippen LogP contribution >= 0.6 is 35.4 Å². The normalized spacial score (nSPS) is 10.5. The Kier molecular flexibility index (Phi) is 6.66. The Hall–Kier alpha value is -2.02. The molecule has 0 fully saturated rings. The molecule has 0 saturated heterocycles. The number of halogens is 2. The van der Waals surface area contributed by atoms with Crippen molar-refractivity contribution in [3.63, 3.8) is 0 Å². The van der Waals surface area contributed by atoms with Gasteiger partial charge in [-0.3, -0.25) is 5.43 Å². The van der Waals surface area contributed by atoms with Gasteiger partial charge in [-0.05, 0) is 54.2 Å². The van der Waals surface area contributed by atoms with E-state index >= 15 is 0 Å². The minimum atomic E-state index is 0.324. The fourth-order valence-corrected chi connectivity index (χ4v) is 2.30. The lowest BCUT2D eigenvalue weighted by Gasteiger charge is -2.08. The van der Waals surface area contributed by atoms with Crippen LogP contribution in [0.1, 0.15) is 5.56 Å². The summed E-state index contributed by atoms with van der Waals surface area (Å²) >= 11 is 17.0. The van der Waals surface area contributed by atoms with E-state index in [1.54, 1.807) is 50.8 Å². The topological polar surface area (TPSA) is 54.9 Å². The van der Waals surface area contributed by atoms with E-state index in [1.165, 1.54) is 0 Å². The highest BCUT2D eigenvalue weighted by Gasteiger charge is 2.03. The number of nitrogens with one attached hydrogen (secondary N) is 2. The van der Waals surface area contributed by atoms with Gasteiger partial charge >= 0.3 is 0 Å². The zero-order valence-electron chi connectivity index (χ0n) is 13.0. The number of rotatable bonds is 5. The first-order chi connectivity index (χ1) is 11.5. The quantitative estimate of drug-likeness (QED) is 0.457. The van der Waals surface area contributed by atoms with E-state index < -0.39 is 0 Å². The fourth-order valence-electron chi connectivity index (χ4n) is 1.83. The second kappa shape index (κ2) is 8.73. The predicted molar refractivity (Wildman–Crippen MR) is 103 cm³/mol. The first-order valence-corrected chi connectivity index (χ1v) is 7.97. The monoisotopic (exact) mass is 383 g/mol. The SMILES string of the molecule is COc1ccc(/C=N\NC(=S)Nc2ccc(Cl)c(Cl)c2)cc1OC. The summed E-state index contributed by atoms with van der Waals surface area (Å²) in [7, 11) is 3.16. The van der Waals surface area contributed by atoms with Gasteiger partial charge in [0.2, 0.25) is 0 Å². The molecule has 126 valence electrons. The van der Waals surface area contributed by atoms with Crippen LogP contribution in [0.15, 0.2) is 41.5 Å². The number of ether oxygens (including phenoxy) is 2. The first kappa shape index (κ1) is 18.3. The summed E-state index contributed by atoms with van der Waals surface area (Å²) in [5.41, 5.74) is 4.26. The van der Waals surface area contributed by atoms with Gasteiger partial charge in [0.15, 0.2) is 16.6 Å².